The summed E-state index contributed by atoms with van der Waals surface area (Å²) in [5, 5.41) is 6.69. The summed E-state index contributed by atoms with van der Waals surface area (Å²) in [6, 6.07) is 14.1. The molecule has 0 aliphatic heterocycles. The molecule has 0 unspecified atom stereocenters. The zero-order valence-corrected chi connectivity index (χ0v) is 17.2. The van der Waals surface area contributed by atoms with E-state index in [2.05, 4.69) is 34.7 Å². The topological polar surface area (TPSA) is 64.1 Å². The van der Waals surface area contributed by atoms with Gasteiger partial charge in [0.15, 0.2) is 17.5 Å². The molecule has 2 aromatic carbocycles. The lowest BCUT2D eigenvalue weighted by Gasteiger charge is -2.14. The van der Waals surface area contributed by atoms with Gasteiger partial charge in [0.2, 0.25) is 0 Å². The minimum Gasteiger partial charge on any atom is -0.493 e. The molecule has 2 rings (SSSR count). The van der Waals surface area contributed by atoms with Gasteiger partial charge in [-0.2, -0.15) is 0 Å². The van der Waals surface area contributed by atoms with E-state index in [1.165, 1.54) is 11.1 Å². The Bertz CT molecular complexity index is 762. The molecule has 0 spiro atoms. The molecule has 152 valence electrons. The molecule has 0 radical (unpaired) electrons. The Hall–Kier alpha value is -2.73. The normalized spacial score (nSPS) is 11.2. The van der Waals surface area contributed by atoms with E-state index in [0.717, 1.165) is 18.1 Å². The Morgan fingerprint density at radius 2 is 1.68 bits per heavy atom. The molecular weight excluding hydrogens is 354 g/mol. The number of hydrogen-bond donors (Lipinski definition) is 2. The highest BCUT2D eigenvalue weighted by molar-refractivity contribution is 5.79. The first-order valence-electron chi connectivity index (χ1n) is 9.59. The van der Waals surface area contributed by atoms with Crippen LogP contribution in [0, 0.1) is 0 Å². The van der Waals surface area contributed by atoms with E-state index in [0.29, 0.717) is 37.8 Å². The van der Waals surface area contributed by atoms with Gasteiger partial charge in [0.25, 0.3) is 0 Å². The predicted octanol–water partition coefficient (Wildman–Crippen LogP) is 3.50. The van der Waals surface area contributed by atoms with Crippen molar-refractivity contribution in [1.82, 2.24) is 10.6 Å². The van der Waals surface area contributed by atoms with Crippen molar-refractivity contribution in [2.75, 3.05) is 27.4 Å². The van der Waals surface area contributed by atoms with Crippen molar-refractivity contribution in [1.29, 1.82) is 0 Å². The first-order chi connectivity index (χ1) is 13.7. The standard InChI is InChI=1S/C22H31N3O3/c1-5-23-22(24-14-17-11-12-20(26-3)21(13-17)27-4)25-15-18-9-7-8-10-19(18)16-28-6-2/h7-13H,5-6,14-16H2,1-4H3,(H2,23,24,25). The predicted molar refractivity (Wildman–Crippen MR) is 113 cm³/mol. The Balaban J connectivity index is 2.05. The first-order valence-corrected chi connectivity index (χ1v) is 9.59. The molecule has 0 aliphatic rings. The summed E-state index contributed by atoms with van der Waals surface area (Å²) in [4.78, 5) is 4.69. The highest BCUT2D eigenvalue weighted by Crippen LogP contribution is 2.27. The quantitative estimate of drug-likeness (QED) is 0.484. The maximum atomic E-state index is 5.56. The van der Waals surface area contributed by atoms with Gasteiger partial charge in [0.05, 0.1) is 27.4 Å². The largest absolute Gasteiger partial charge is 0.493 e. The fourth-order valence-corrected chi connectivity index (χ4v) is 2.75. The lowest BCUT2D eigenvalue weighted by atomic mass is 10.1. The zero-order chi connectivity index (χ0) is 20.2. The minimum atomic E-state index is 0.538. The number of nitrogens with zero attached hydrogens (tertiary/aromatic N) is 1. The molecule has 0 heterocycles. The molecule has 6 heteroatoms. The number of nitrogens with one attached hydrogen (secondary N) is 2. The van der Waals surface area contributed by atoms with Crippen LogP contribution in [0.15, 0.2) is 47.5 Å². The van der Waals surface area contributed by atoms with Crippen molar-refractivity contribution >= 4 is 5.96 Å². The van der Waals surface area contributed by atoms with Gasteiger partial charge in [-0.1, -0.05) is 30.3 Å². The van der Waals surface area contributed by atoms with E-state index in [4.69, 9.17) is 14.2 Å². The molecule has 0 saturated carbocycles. The van der Waals surface area contributed by atoms with Crippen molar-refractivity contribution in [3.05, 3.63) is 59.2 Å². The third-order valence-electron chi connectivity index (χ3n) is 4.24. The Kier molecular flexibility index (Phi) is 9.15. The van der Waals surface area contributed by atoms with Crippen LogP contribution in [-0.4, -0.2) is 33.3 Å². The fourth-order valence-electron chi connectivity index (χ4n) is 2.75. The summed E-state index contributed by atoms with van der Waals surface area (Å²) >= 11 is 0. The summed E-state index contributed by atoms with van der Waals surface area (Å²) in [5.74, 6) is 2.19. The van der Waals surface area contributed by atoms with E-state index < -0.39 is 0 Å². The van der Waals surface area contributed by atoms with E-state index in [9.17, 15) is 0 Å². The summed E-state index contributed by atoms with van der Waals surface area (Å²) in [6.07, 6.45) is 0. The average molecular weight is 386 g/mol. The molecule has 2 aromatic rings. The maximum Gasteiger partial charge on any atom is 0.191 e. The first kappa shape index (κ1) is 21.6. The van der Waals surface area contributed by atoms with Crippen molar-refractivity contribution in [2.45, 2.75) is 33.5 Å². The summed E-state index contributed by atoms with van der Waals surface area (Å²) in [7, 11) is 3.27. The van der Waals surface area contributed by atoms with Crippen LogP contribution in [0.5, 0.6) is 11.5 Å². The molecule has 0 aliphatic carbocycles. The number of rotatable bonds is 10. The second kappa shape index (κ2) is 11.9. The molecule has 0 bridgehead atoms. The van der Waals surface area contributed by atoms with Crippen LogP contribution in [-0.2, 0) is 24.4 Å². The summed E-state index contributed by atoms with van der Waals surface area (Å²) in [6.45, 7) is 7.39. The lowest BCUT2D eigenvalue weighted by molar-refractivity contribution is 0.133. The second-order valence-electron chi connectivity index (χ2n) is 6.14. The molecule has 2 N–H and O–H groups in total. The number of methoxy groups -OCH3 is 2. The number of ether oxygens (including phenoxy) is 3. The maximum absolute atomic E-state index is 5.56. The number of hydrogen-bond acceptors (Lipinski definition) is 4. The number of aliphatic imine (C=N–C) groups is 1. The highest BCUT2D eigenvalue weighted by Gasteiger charge is 2.06. The SMILES string of the molecule is CCNC(=NCc1ccc(OC)c(OC)c1)NCc1ccccc1COCC. The molecule has 0 aromatic heterocycles. The third-order valence-corrected chi connectivity index (χ3v) is 4.24. The minimum absolute atomic E-state index is 0.538. The van der Waals surface area contributed by atoms with Crippen molar-refractivity contribution in [2.24, 2.45) is 4.99 Å². The van der Waals surface area contributed by atoms with Gasteiger partial charge >= 0.3 is 0 Å². The smallest absolute Gasteiger partial charge is 0.191 e. The van der Waals surface area contributed by atoms with E-state index in [1.54, 1.807) is 14.2 Å². The molecule has 0 atom stereocenters. The van der Waals surface area contributed by atoms with Crippen LogP contribution in [0.1, 0.15) is 30.5 Å². The summed E-state index contributed by atoms with van der Waals surface area (Å²) in [5.41, 5.74) is 3.44. The van der Waals surface area contributed by atoms with E-state index in [-0.39, 0.29) is 0 Å². The van der Waals surface area contributed by atoms with Gasteiger partial charge in [-0.3, -0.25) is 0 Å². The van der Waals surface area contributed by atoms with Crippen LogP contribution in [0.3, 0.4) is 0 Å². The van der Waals surface area contributed by atoms with E-state index in [1.807, 2.05) is 37.3 Å². The van der Waals surface area contributed by atoms with Crippen molar-refractivity contribution in [3.8, 4) is 11.5 Å². The molecule has 0 fully saturated rings. The third kappa shape index (κ3) is 6.46. The molecule has 0 amide bonds. The molecule has 0 saturated heterocycles. The second-order valence-corrected chi connectivity index (χ2v) is 6.14. The van der Waals surface area contributed by atoms with E-state index >= 15 is 0 Å². The Labute approximate surface area is 167 Å². The van der Waals surface area contributed by atoms with Gasteiger partial charge in [-0.05, 0) is 42.7 Å². The summed E-state index contributed by atoms with van der Waals surface area (Å²) < 4.78 is 16.2. The van der Waals surface area contributed by atoms with Gasteiger partial charge < -0.3 is 24.8 Å². The monoisotopic (exact) mass is 385 g/mol. The van der Waals surface area contributed by atoms with Crippen LogP contribution in [0.25, 0.3) is 0 Å². The molecule has 6 nitrogen and oxygen atoms in total. The fraction of sp³-hybridized carbons (Fsp3) is 0.409. The van der Waals surface area contributed by atoms with Crippen molar-refractivity contribution in [3.63, 3.8) is 0 Å². The lowest BCUT2D eigenvalue weighted by Crippen LogP contribution is -2.37. The van der Waals surface area contributed by atoms with Crippen molar-refractivity contribution < 1.29 is 14.2 Å². The number of guanidine groups is 1. The van der Waals surface area contributed by atoms with Crippen LogP contribution in [0.2, 0.25) is 0 Å². The van der Waals surface area contributed by atoms with Crippen LogP contribution < -0.4 is 20.1 Å². The molecule has 28 heavy (non-hydrogen) atoms. The van der Waals surface area contributed by atoms with Gasteiger partial charge in [-0.15, -0.1) is 0 Å². The average Bonchev–Trinajstić information content (AvgIpc) is 2.74. The van der Waals surface area contributed by atoms with Crippen LogP contribution in [0.4, 0.5) is 0 Å². The Morgan fingerprint density at radius 1 is 0.929 bits per heavy atom. The van der Waals surface area contributed by atoms with Gasteiger partial charge in [0, 0.05) is 19.7 Å². The Morgan fingerprint density at radius 3 is 2.36 bits per heavy atom. The van der Waals surface area contributed by atoms with Crippen LogP contribution >= 0.6 is 0 Å². The zero-order valence-electron chi connectivity index (χ0n) is 17.2. The van der Waals surface area contributed by atoms with Gasteiger partial charge in [-0.25, -0.2) is 4.99 Å². The highest BCUT2D eigenvalue weighted by atomic mass is 16.5. The molecular formula is C22H31N3O3. The van der Waals surface area contributed by atoms with Gasteiger partial charge in [0.1, 0.15) is 0 Å². The number of benzene rings is 2.